The number of rotatable bonds is 5. The molecule has 0 spiro atoms. The molecule has 1 aromatic rings. The van der Waals surface area contributed by atoms with Crippen LogP contribution in [0.1, 0.15) is 37.4 Å². The van der Waals surface area contributed by atoms with Crippen molar-refractivity contribution >= 4 is 11.8 Å². The molecule has 3 aliphatic rings. The molecule has 0 N–H and O–H groups in total. The summed E-state index contributed by atoms with van der Waals surface area (Å²) in [5.41, 5.74) is 0. The van der Waals surface area contributed by atoms with Gasteiger partial charge in [0.15, 0.2) is 5.82 Å². The van der Waals surface area contributed by atoms with Crippen LogP contribution in [0.2, 0.25) is 0 Å². The molecule has 4 rings (SSSR count). The number of nitrogens with zero attached hydrogens (tertiary/aromatic N) is 6. The first kappa shape index (κ1) is 20.3. The quantitative estimate of drug-likeness (QED) is 0.700. The van der Waals surface area contributed by atoms with Gasteiger partial charge in [0.1, 0.15) is 0 Å². The van der Waals surface area contributed by atoms with Crippen molar-refractivity contribution in [2.45, 2.75) is 39.2 Å². The summed E-state index contributed by atoms with van der Waals surface area (Å²) in [5, 5.41) is 3.83. The number of piperidine rings is 1. The lowest BCUT2D eigenvalue weighted by Gasteiger charge is -2.37. The molecule has 0 saturated carbocycles. The fraction of sp³-hybridized carbons (Fsp3) is 0.800. The van der Waals surface area contributed by atoms with Gasteiger partial charge in [-0.05, 0) is 32.6 Å². The molecule has 29 heavy (non-hydrogen) atoms. The molecule has 3 saturated heterocycles. The Balaban J connectivity index is 1.16. The Morgan fingerprint density at radius 2 is 1.59 bits per heavy atom. The summed E-state index contributed by atoms with van der Waals surface area (Å²) >= 11 is 0. The number of likely N-dealkylation sites (tertiary alicyclic amines) is 2. The Morgan fingerprint density at radius 3 is 2.21 bits per heavy atom. The van der Waals surface area contributed by atoms with Gasteiger partial charge in [0.25, 0.3) is 0 Å². The van der Waals surface area contributed by atoms with E-state index >= 15 is 0 Å². The van der Waals surface area contributed by atoms with Crippen LogP contribution in [0.25, 0.3) is 0 Å². The highest BCUT2D eigenvalue weighted by Gasteiger charge is 2.32. The van der Waals surface area contributed by atoms with Crippen LogP contribution in [0.5, 0.6) is 0 Å². The fourth-order valence-electron chi connectivity index (χ4n) is 4.56. The third-order valence-electron chi connectivity index (χ3n) is 6.37. The zero-order valence-electron chi connectivity index (χ0n) is 17.4. The average molecular weight is 405 g/mol. The maximum Gasteiger partial charge on any atom is 0.240 e. The highest BCUT2D eigenvalue weighted by Crippen LogP contribution is 2.22. The standard InChI is InChI=1S/C20H32N6O3/c1-16-21-18(29-22-16)14-23-10-12-24(13-11-23)15-19(27)25-8-4-17(5-9-25)20(28)26-6-2-3-7-26/h17H,2-15H2,1H3. The Morgan fingerprint density at radius 1 is 0.931 bits per heavy atom. The van der Waals surface area contributed by atoms with E-state index in [-0.39, 0.29) is 11.8 Å². The van der Waals surface area contributed by atoms with E-state index < -0.39 is 0 Å². The number of aromatic nitrogens is 2. The van der Waals surface area contributed by atoms with Crippen LogP contribution in [-0.2, 0) is 16.1 Å². The van der Waals surface area contributed by atoms with Crippen molar-refractivity contribution in [2.24, 2.45) is 5.92 Å². The van der Waals surface area contributed by atoms with Crippen molar-refractivity contribution in [3.8, 4) is 0 Å². The van der Waals surface area contributed by atoms with Gasteiger partial charge >= 0.3 is 0 Å². The molecule has 3 fully saturated rings. The third kappa shape index (κ3) is 5.14. The largest absolute Gasteiger partial charge is 0.342 e. The summed E-state index contributed by atoms with van der Waals surface area (Å²) in [4.78, 5) is 38.0. The van der Waals surface area contributed by atoms with Crippen molar-refractivity contribution in [3.63, 3.8) is 0 Å². The fourth-order valence-corrected chi connectivity index (χ4v) is 4.56. The number of carbonyl (C=O) groups is 2. The molecule has 4 heterocycles. The number of hydrogen-bond acceptors (Lipinski definition) is 7. The van der Waals surface area contributed by atoms with Crippen LogP contribution >= 0.6 is 0 Å². The van der Waals surface area contributed by atoms with Gasteiger partial charge in [-0.15, -0.1) is 0 Å². The molecule has 2 amide bonds. The summed E-state index contributed by atoms with van der Waals surface area (Å²) in [7, 11) is 0. The second-order valence-corrected chi connectivity index (χ2v) is 8.48. The Labute approximate surface area is 172 Å². The van der Waals surface area contributed by atoms with Crippen LogP contribution in [0, 0.1) is 12.8 Å². The van der Waals surface area contributed by atoms with Crippen LogP contribution in [-0.4, -0.2) is 100 Å². The number of aryl methyl sites for hydroxylation is 1. The van der Waals surface area contributed by atoms with Gasteiger partial charge in [0.2, 0.25) is 17.7 Å². The van der Waals surface area contributed by atoms with Crippen molar-refractivity contribution in [1.82, 2.24) is 29.7 Å². The average Bonchev–Trinajstić information content (AvgIpc) is 3.41. The van der Waals surface area contributed by atoms with Gasteiger partial charge in [-0.2, -0.15) is 4.98 Å². The van der Waals surface area contributed by atoms with Gasteiger partial charge in [-0.1, -0.05) is 5.16 Å². The SMILES string of the molecule is Cc1noc(CN2CCN(CC(=O)N3CCC(C(=O)N4CCCC4)CC3)CC2)n1. The first-order valence-corrected chi connectivity index (χ1v) is 10.9. The minimum absolute atomic E-state index is 0.106. The summed E-state index contributed by atoms with van der Waals surface area (Å²) in [5.74, 6) is 1.92. The second kappa shape index (κ2) is 9.21. The maximum absolute atomic E-state index is 12.7. The van der Waals surface area contributed by atoms with Crippen LogP contribution in [0.15, 0.2) is 4.52 Å². The Kier molecular flexibility index (Phi) is 6.44. The first-order chi connectivity index (χ1) is 14.1. The smallest absolute Gasteiger partial charge is 0.240 e. The van der Waals surface area contributed by atoms with E-state index in [0.717, 1.165) is 65.0 Å². The number of amides is 2. The lowest BCUT2D eigenvalue weighted by atomic mass is 9.95. The molecule has 160 valence electrons. The summed E-state index contributed by atoms with van der Waals surface area (Å²) in [6.07, 6.45) is 3.87. The normalized spacial score (nSPS) is 22.4. The van der Waals surface area contributed by atoms with E-state index in [0.29, 0.717) is 43.8 Å². The predicted octanol–water partition coefficient (Wildman–Crippen LogP) is 0.357. The van der Waals surface area contributed by atoms with Crippen molar-refractivity contribution in [2.75, 3.05) is 58.9 Å². The lowest BCUT2D eigenvalue weighted by molar-refractivity contribution is -0.140. The summed E-state index contributed by atoms with van der Waals surface area (Å²) in [6.45, 7) is 9.71. The summed E-state index contributed by atoms with van der Waals surface area (Å²) < 4.78 is 5.19. The monoisotopic (exact) mass is 404 g/mol. The van der Waals surface area contributed by atoms with E-state index in [2.05, 4.69) is 19.9 Å². The van der Waals surface area contributed by atoms with Crippen LogP contribution in [0.3, 0.4) is 0 Å². The van der Waals surface area contributed by atoms with Gasteiger partial charge < -0.3 is 14.3 Å². The zero-order chi connectivity index (χ0) is 20.2. The Hall–Kier alpha value is -2.00. The van der Waals surface area contributed by atoms with Crippen molar-refractivity contribution < 1.29 is 14.1 Å². The van der Waals surface area contributed by atoms with Gasteiger partial charge in [0.05, 0.1) is 13.1 Å². The topological polar surface area (TPSA) is 86.0 Å². The highest BCUT2D eigenvalue weighted by atomic mass is 16.5. The molecular weight excluding hydrogens is 372 g/mol. The maximum atomic E-state index is 12.7. The Bertz CT molecular complexity index is 701. The van der Waals surface area contributed by atoms with Gasteiger partial charge in [-0.3, -0.25) is 19.4 Å². The highest BCUT2D eigenvalue weighted by molar-refractivity contribution is 5.81. The number of carbonyl (C=O) groups excluding carboxylic acids is 2. The van der Waals surface area contributed by atoms with Gasteiger partial charge in [-0.25, -0.2) is 0 Å². The molecule has 0 aromatic carbocycles. The second-order valence-electron chi connectivity index (χ2n) is 8.48. The molecule has 9 heteroatoms. The van der Waals surface area contributed by atoms with Crippen LogP contribution < -0.4 is 0 Å². The molecule has 0 bridgehead atoms. The van der Waals surface area contributed by atoms with E-state index in [1.807, 2.05) is 16.7 Å². The van der Waals surface area contributed by atoms with Gasteiger partial charge in [0, 0.05) is 58.3 Å². The van der Waals surface area contributed by atoms with E-state index in [4.69, 9.17) is 4.52 Å². The molecule has 9 nitrogen and oxygen atoms in total. The van der Waals surface area contributed by atoms with E-state index in [9.17, 15) is 9.59 Å². The van der Waals surface area contributed by atoms with Crippen molar-refractivity contribution in [3.05, 3.63) is 11.7 Å². The van der Waals surface area contributed by atoms with E-state index in [1.165, 1.54) is 0 Å². The minimum Gasteiger partial charge on any atom is -0.342 e. The minimum atomic E-state index is 0.106. The molecule has 3 aliphatic heterocycles. The third-order valence-corrected chi connectivity index (χ3v) is 6.37. The summed E-state index contributed by atoms with van der Waals surface area (Å²) in [6, 6.07) is 0. The molecule has 0 unspecified atom stereocenters. The van der Waals surface area contributed by atoms with Crippen LogP contribution in [0.4, 0.5) is 0 Å². The molecule has 0 aliphatic carbocycles. The number of hydrogen-bond donors (Lipinski definition) is 0. The van der Waals surface area contributed by atoms with E-state index in [1.54, 1.807) is 0 Å². The molecule has 0 radical (unpaired) electrons. The molecule has 1 aromatic heterocycles. The predicted molar refractivity (Wildman–Crippen MR) is 106 cm³/mol. The molecule has 0 atom stereocenters. The van der Waals surface area contributed by atoms with Crippen molar-refractivity contribution in [1.29, 1.82) is 0 Å². The zero-order valence-corrected chi connectivity index (χ0v) is 17.4. The lowest BCUT2D eigenvalue weighted by Crippen LogP contribution is -2.51. The number of piperazine rings is 1. The first-order valence-electron chi connectivity index (χ1n) is 10.9. The molecular formula is C20H32N6O3.